The van der Waals surface area contributed by atoms with Gasteiger partial charge < -0.3 is 25.0 Å². The van der Waals surface area contributed by atoms with E-state index in [0.717, 1.165) is 50.9 Å². The van der Waals surface area contributed by atoms with Crippen LogP contribution in [0.25, 0.3) is 0 Å². The second-order valence-corrected chi connectivity index (χ2v) is 8.26. The molecule has 1 saturated heterocycles. The Balaban J connectivity index is 1.95. The minimum absolute atomic E-state index is 0.0298. The molecule has 8 heteroatoms. The highest BCUT2D eigenvalue weighted by Crippen LogP contribution is 2.15. The predicted molar refractivity (Wildman–Crippen MR) is 124 cm³/mol. The Hall–Kier alpha value is -2.32. The van der Waals surface area contributed by atoms with Gasteiger partial charge in [-0.25, -0.2) is 4.99 Å². The lowest BCUT2D eigenvalue weighted by Gasteiger charge is -2.37. The molecule has 0 spiro atoms. The van der Waals surface area contributed by atoms with E-state index < -0.39 is 0 Å². The van der Waals surface area contributed by atoms with Crippen molar-refractivity contribution in [2.45, 2.75) is 33.4 Å². The Morgan fingerprint density at radius 1 is 1.26 bits per heavy atom. The van der Waals surface area contributed by atoms with Gasteiger partial charge in [0, 0.05) is 46.3 Å². The van der Waals surface area contributed by atoms with Crippen LogP contribution >= 0.6 is 0 Å². The van der Waals surface area contributed by atoms with E-state index in [0.29, 0.717) is 24.3 Å². The molecule has 0 aromatic heterocycles. The van der Waals surface area contributed by atoms with Gasteiger partial charge in [-0.1, -0.05) is 26.0 Å². The molecule has 1 aromatic carbocycles. The maximum Gasteiger partial charge on any atom is 0.259 e. The first-order chi connectivity index (χ1) is 14.9. The first-order valence-electron chi connectivity index (χ1n) is 11.2. The second kappa shape index (κ2) is 13.2. The van der Waals surface area contributed by atoms with Crippen LogP contribution in [0.3, 0.4) is 0 Å². The first-order valence-corrected chi connectivity index (χ1v) is 11.2. The molecular formula is C23H39N5O3. The highest BCUT2D eigenvalue weighted by atomic mass is 16.5. The van der Waals surface area contributed by atoms with E-state index in [2.05, 4.69) is 36.3 Å². The molecule has 1 fully saturated rings. The Bertz CT molecular complexity index is 702. The summed E-state index contributed by atoms with van der Waals surface area (Å²) in [7, 11) is 3.43. The minimum atomic E-state index is -0.0676. The summed E-state index contributed by atoms with van der Waals surface area (Å²) in [5.74, 6) is 1.94. The number of rotatable bonds is 10. The first kappa shape index (κ1) is 24.9. The van der Waals surface area contributed by atoms with Gasteiger partial charge >= 0.3 is 0 Å². The van der Waals surface area contributed by atoms with Crippen molar-refractivity contribution in [1.82, 2.24) is 20.4 Å². The van der Waals surface area contributed by atoms with Crippen LogP contribution < -0.4 is 15.4 Å². The molecule has 2 N–H and O–H groups in total. The molecule has 2 rings (SSSR count). The number of morpholine rings is 1. The summed E-state index contributed by atoms with van der Waals surface area (Å²) in [4.78, 5) is 20.5. The number of hydrogen-bond acceptors (Lipinski definition) is 5. The van der Waals surface area contributed by atoms with Crippen molar-refractivity contribution in [2.24, 2.45) is 10.9 Å². The van der Waals surface area contributed by atoms with Gasteiger partial charge in [-0.3, -0.25) is 9.69 Å². The summed E-state index contributed by atoms with van der Waals surface area (Å²) in [5, 5.41) is 6.84. The minimum Gasteiger partial charge on any atom is -0.484 e. The molecule has 0 saturated carbocycles. The zero-order valence-corrected chi connectivity index (χ0v) is 19.7. The van der Waals surface area contributed by atoms with Gasteiger partial charge in [0.2, 0.25) is 0 Å². The fourth-order valence-electron chi connectivity index (χ4n) is 3.42. The SMILES string of the molecule is CCNC(=NCc1cccc(OCC(=O)N(C)C)c1)NCC(C(C)C)N1CCOCC1. The molecular weight excluding hydrogens is 394 g/mol. The third-order valence-corrected chi connectivity index (χ3v) is 5.29. The van der Waals surface area contributed by atoms with Crippen LogP contribution in [0.1, 0.15) is 26.3 Å². The lowest BCUT2D eigenvalue weighted by Crippen LogP contribution is -2.52. The molecule has 31 heavy (non-hydrogen) atoms. The average Bonchev–Trinajstić information content (AvgIpc) is 2.76. The van der Waals surface area contributed by atoms with Crippen LogP contribution in [0, 0.1) is 5.92 Å². The number of nitrogens with one attached hydrogen (secondary N) is 2. The molecule has 1 aliphatic rings. The van der Waals surface area contributed by atoms with Crippen LogP contribution in [0.2, 0.25) is 0 Å². The molecule has 1 aromatic rings. The number of guanidine groups is 1. The van der Waals surface area contributed by atoms with Gasteiger partial charge in [0.15, 0.2) is 12.6 Å². The Labute approximate surface area is 187 Å². The summed E-state index contributed by atoms with van der Waals surface area (Å²) >= 11 is 0. The number of likely N-dealkylation sites (N-methyl/N-ethyl adjacent to an activating group) is 1. The number of ether oxygens (including phenoxy) is 2. The summed E-state index contributed by atoms with van der Waals surface area (Å²) < 4.78 is 11.1. The number of amides is 1. The molecule has 1 aliphatic heterocycles. The average molecular weight is 434 g/mol. The van der Waals surface area contributed by atoms with Crippen LogP contribution in [0.15, 0.2) is 29.3 Å². The summed E-state index contributed by atoms with van der Waals surface area (Å²) in [5.41, 5.74) is 1.03. The standard InChI is InChI=1S/C23H39N5O3/c1-6-24-23(26-16-21(18(2)3)28-10-12-30-13-11-28)25-15-19-8-7-9-20(14-19)31-17-22(29)27(4)5/h7-9,14,18,21H,6,10-13,15-17H2,1-5H3,(H2,24,25,26). The van der Waals surface area contributed by atoms with Crippen molar-refractivity contribution in [3.63, 3.8) is 0 Å². The lowest BCUT2D eigenvalue weighted by atomic mass is 10.0. The van der Waals surface area contributed by atoms with Crippen molar-refractivity contribution in [3.8, 4) is 5.75 Å². The van der Waals surface area contributed by atoms with Crippen LogP contribution in [0.5, 0.6) is 5.75 Å². The summed E-state index contributed by atoms with van der Waals surface area (Å²) in [6, 6.07) is 8.15. The molecule has 1 unspecified atom stereocenters. The number of nitrogens with zero attached hydrogens (tertiary/aromatic N) is 3. The molecule has 0 bridgehead atoms. The molecule has 0 radical (unpaired) electrons. The maximum atomic E-state index is 11.7. The lowest BCUT2D eigenvalue weighted by molar-refractivity contribution is -0.130. The van der Waals surface area contributed by atoms with Crippen molar-refractivity contribution >= 4 is 11.9 Å². The fraction of sp³-hybridized carbons (Fsp3) is 0.652. The molecule has 1 atom stereocenters. The van der Waals surface area contributed by atoms with E-state index in [1.165, 1.54) is 4.90 Å². The van der Waals surface area contributed by atoms with Crippen LogP contribution in [0.4, 0.5) is 0 Å². The van der Waals surface area contributed by atoms with Crippen LogP contribution in [-0.2, 0) is 16.1 Å². The van der Waals surface area contributed by atoms with Crippen molar-refractivity contribution in [3.05, 3.63) is 29.8 Å². The van der Waals surface area contributed by atoms with E-state index in [1.54, 1.807) is 14.1 Å². The number of aliphatic imine (C=N–C) groups is 1. The highest BCUT2D eigenvalue weighted by Gasteiger charge is 2.23. The predicted octanol–water partition coefficient (Wildman–Crippen LogP) is 1.57. The normalized spacial score (nSPS) is 16.1. The van der Waals surface area contributed by atoms with E-state index >= 15 is 0 Å². The molecule has 174 valence electrons. The fourth-order valence-corrected chi connectivity index (χ4v) is 3.42. The molecule has 1 heterocycles. The summed E-state index contributed by atoms with van der Waals surface area (Å²) in [6.07, 6.45) is 0. The Morgan fingerprint density at radius 2 is 2.00 bits per heavy atom. The van der Waals surface area contributed by atoms with Gasteiger partial charge in [0.1, 0.15) is 5.75 Å². The zero-order valence-electron chi connectivity index (χ0n) is 19.7. The maximum absolute atomic E-state index is 11.7. The van der Waals surface area contributed by atoms with Gasteiger partial charge in [-0.05, 0) is 30.5 Å². The molecule has 0 aliphatic carbocycles. The smallest absolute Gasteiger partial charge is 0.259 e. The van der Waals surface area contributed by atoms with Gasteiger partial charge in [-0.2, -0.15) is 0 Å². The number of hydrogen-bond donors (Lipinski definition) is 2. The monoisotopic (exact) mass is 433 g/mol. The Morgan fingerprint density at radius 3 is 2.65 bits per heavy atom. The third-order valence-electron chi connectivity index (χ3n) is 5.29. The second-order valence-electron chi connectivity index (χ2n) is 8.26. The van der Waals surface area contributed by atoms with E-state index in [4.69, 9.17) is 14.5 Å². The zero-order chi connectivity index (χ0) is 22.6. The van der Waals surface area contributed by atoms with E-state index in [9.17, 15) is 4.79 Å². The van der Waals surface area contributed by atoms with Gasteiger partial charge in [0.05, 0.1) is 19.8 Å². The molecule has 1 amide bonds. The highest BCUT2D eigenvalue weighted by molar-refractivity contribution is 5.79. The van der Waals surface area contributed by atoms with E-state index in [-0.39, 0.29) is 12.5 Å². The quantitative estimate of drug-likeness (QED) is 0.431. The van der Waals surface area contributed by atoms with Crippen molar-refractivity contribution < 1.29 is 14.3 Å². The largest absolute Gasteiger partial charge is 0.484 e. The summed E-state index contributed by atoms with van der Waals surface area (Å²) in [6.45, 7) is 12.3. The molecule has 8 nitrogen and oxygen atoms in total. The van der Waals surface area contributed by atoms with Crippen molar-refractivity contribution in [1.29, 1.82) is 0 Å². The number of benzene rings is 1. The number of carbonyl (C=O) groups excluding carboxylic acids is 1. The Kier molecular flexibility index (Phi) is 10.6. The third kappa shape index (κ3) is 8.75. The van der Waals surface area contributed by atoms with Crippen LogP contribution in [-0.4, -0.2) is 87.8 Å². The van der Waals surface area contributed by atoms with Gasteiger partial charge in [0.25, 0.3) is 5.91 Å². The van der Waals surface area contributed by atoms with Gasteiger partial charge in [-0.15, -0.1) is 0 Å². The van der Waals surface area contributed by atoms with E-state index in [1.807, 2.05) is 24.3 Å². The topological polar surface area (TPSA) is 78.4 Å². The number of carbonyl (C=O) groups is 1. The van der Waals surface area contributed by atoms with Crippen molar-refractivity contribution in [2.75, 3.05) is 60.1 Å².